The van der Waals surface area contributed by atoms with Gasteiger partial charge in [-0.1, -0.05) is 18.2 Å². The third-order valence-corrected chi connectivity index (χ3v) is 2.40. The van der Waals surface area contributed by atoms with Crippen LogP contribution in [0.2, 0.25) is 0 Å². The molecule has 2 aromatic rings. The summed E-state index contributed by atoms with van der Waals surface area (Å²) in [7, 11) is 1.65. The first-order valence-corrected chi connectivity index (χ1v) is 4.77. The molecule has 15 heavy (non-hydrogen) atoms. The molecule has 0 N–H and O–H groups in total. The van der Waals surface area contributed by atoms with E-state index in [0.717, 1.165) is 22.1 Å². The lowest BCUT2D eigenvalue weighted by Crippen LogP contribution is -1.84. The summed E-state index contributed by atoms with van der Waals surface area (Å²) in [6.07, 6.45) is 0.452. The van der Waals surface area contributed by atoms with Crippen LogP contribution in [-0.4, -0.2) is 7.11 Å². The number of nitrogens with zero attached hydrogens (tertiary/aromatic N) is 1. The van der Waals surface area contributed by atoms with Gasteiger partial charge in [-0.15, -0.1) is 0 Å². The minimum Gasteiger partial charge on any atom is -0.497 e. The van der Waals surface area contributed by atoms with Crippen molar-refractivity contribution in [2.24, 2.45) is 0 Å². The maximum absolute atomic E-state index is 8.62. The summed E-state index contributed by atoms with van der Waals surface area (Å²) >= 11 is 0. The second kappa shape index (κ2) is 4.02. The largest absolute Gasteiger partial charge is 0.497 e. The third kappa shape index (κ3) is 1.92. The van der Waals surface area contributed by atoms with Crippen LogP contribution in [0.4, 0.5) is 0 Å². The Hall–Kier alpha value is -2.01. The van der Waals surface area contributed by atoms with Crippen molar-refractivity contribution < 1.29 is 4.74 Å². The molecule has 0 aromatic heterocycles. The molecule has 0 aliphatic rings. The molecule has 2 aromatic carbocycles. The normalized spacial score (nSPS) is 9.87. The van der Waals surface area contributed by atoms with Crippen LogP contribution >= 0.6 is 0 Å². The smallest absolute Gasteiger partial charge is 0.119 e. The highest BCUT2D eigenvalue weighted by molar-refractivity contribution is 5.84. The number of benzene rings is 2. The predicted octanol–water partition coefficient (Wildman–Crippen LogP) is 2.91. The van der Waals surface area contributed by atoms with Crippen molar-refractivity contribution in [2.75, 3.05) is 7.11 Å². The molecular formula is C13H11NO. The maximum atomic E-state index is 8.62. The fourth-order valence-corrected chi connectivity index (χ4v) is 1.60. The molecule has 2 nitrogen and oxygen atoms in total. The van der Waals surface area contributed by atoms with E-state index < -0.39 is 0 Å². The highest BCUT2D eigenvalue weighted by Gasteiger charge is 1.98. The second-order valence-electron chi connectivity index (χ2n) is 3.38. The lowest BCUT2D eigenvalue weighted by Gasteiger charge is -2.03. The third-order valence-electron chi connectivity index (χ3n) is 2.40. The summed E-state index contributed by atoms with van der Waals surface area (Å²) in [4.78, 5) is 0. The predicted molar refractivity (Wildman–Crippen MR) is 59.8 cm³/mol. The van der Waals surface area contributed by atoms with Crippen LogP contribution in [-0.2, 0) is 6.42 Å². The summed E-state index contributed by atoms with van der Waals surface area (Å²) in [5.41, 5.74) is 1.04. The number of hydrogen-bond acceptors (Lipinski definition) is 2. The number of fused-ring (bicyclic) bond motifs is 1. The average molecular weight is 197 g/mol. The Morgan fingerprint density at radius 1 is 1.13 bits per heavy atom. The van der Waals surface area contributed by atoms with Crippen molar-refractivity contribution in [1.29, 1.82) is 5.26 Å². The average Bonchev–Trinajstić information content (AvgIpc) is 2.28. The monoisotopic (exact) mass is 197 g/mol. The van der Waals surface area contributed by atoms with E-state index in [0.29, 0.717) is 6.42 Å². The van der Waals surface area contributed by atoms with E-state index >= 15 is 0 Å². The van der Waals surface area contributed by atoms with Crippen LogP contribution in [0, 0.1) is 11.3 Å². The van der Waals surface area contributed by atoms with Crippen molar-refractivity contribution in [3.05, 3.63) is 42.0 Å². The standard InChI is InChI=1S/C13H11NO/c1-15-13-5-4-11-3-2-10(6-7-14)8-12(11)9-13/h2-5,8-9H,6H2,1H3. The van der Waals surface area contributed by atoms with Crippen molar-refractivity contribution in [3.8, 4) is 11.8 Å². The van der Waals surface area contributed by atoms with Gasteiger partial charge in [0, 0.05) is 0 Å². The van der Waals surface area contributed by atoms with Crippen LogP contribution < -0.4 is 4.74 Å². The maximum Gasteiger partial charge on any atom is 0.119 e. The van der Waals surface area contributed by atoms with Gasteiger partial charge in [0.05, 0.1) is 19.6 Å². The zero-order chi connectivity index (χ0) is 10.7. The van der Waals surface area contributed by atoms with Crippen molar-refractivity contribution in [3.63, 3.8) is 0 Å². The zero-order valence-corrected chi connectivity index (χ0v) is 8.53. The molecule has 0 saturated heterocycles. The van der Waals surface area contributed by atoms with Gasteiger partial charge in [-0.25, -0.2) is 0 Å². The van der Waals surface area contributed by atoms with Gasteiger partial charge in [-0.05, 0) is 34.5 Å². The topological polar surface area (TPSA) is 33.0 Å². The second-order valence-corrected chi connectivity index (χ2v) is 3.38. The molecule has 0 amide bonds. The number of rotatable bonds is 2. The van der Waals surface area contributed by atoms with E-state index in [2.05, 4.69) is 6.07 Å². The van der Waals surface area contributed by atoms with Gasteiger partial charge in [0.15, 0.2) is 0 Å². The van der Waals surface area contributed by atoms with Crippen molar-refractivity contribution in [1.82, 2.24) is 0 Å². The minimum absolute atomic E-state index is 0.452. The Balaban J connectivity index is 2.53. The zero-order valence-electron chi connectivity index (χ0n) is 8.53. The first-order chi connectivity index (χ1) is 7.33. The van der Waals surface area contributed by atoms with Gasteiger partial charge < -0.3 is 4.74 Å². The minimum atomic E-state index is 0.452. The first kappa shape index (κ1) is 9.54. The Labute approximate surface area is 88.7 Å². The molecule has 0 atom stereocenters. The Morgan fingerprint density at radius 2 is 1.93 bits per heavy atom. The van der Waals surface area contributed by atoms with E-state index in [1.165, 1.54) is 0 Å². The van der Waals surface area contributed by atoms with Gasteiger partial charge in [-0.3, -0.25) is 0 Å². The molecule has 0 spiro atoms. The summed E-state index contributed by atoms with van der Waals surface area (Å²) < 4.78 is 5.16. The van der Waals surface area contributed by atoms with E-state index in [4.69, 9.17) is 10.00 Å². The SMILES string of the molecule is COc1ccc2ccc(CC#N)cc2c1. The van der Waals surface area contributed by atoms with Crippen LogP contribution in [0.15, 0.2) is 36.4 Å². The fourth-order valence-electron chi connectivity index (χ4n) is 1.60. The Bertz CT molecular complexity index is 526. The van der Waals surface area contributed by atoms with Gasteiger partial charge in [-0.2, -0.15) is 5.26 Å². The van der Waals surface area contributed by atoms with Gasteiger partial charge >= 0.3 is 0 Å². The number of hydrogen-bond donors (Lipinski definition) is 0. The van der Waals surface area contributed by atoms with Gasteiger partial charge in [0.1, 0.15) is 5.75 Å². The van der Waals surface area contributed by atoms with Crippen molar-refractivity contribution in [2.45, 2.75) is 6.42 Å². The van der Waals surface area contributed by atoms with Gasteiger partial charge in [0.2, 0.25) is 0 Å². The molecular weight excluding hydrogens is 186 g/mol. The molecule has 0 fully saturated rings. The molecule has 74 valence electrons. The van der Waals surface area contributed by atoms with Crippen LogP contribution in [0.25, 0.3) is 10.8 Å². The summed E-state index contributed by atoms with van der Waals surface area (Å²) in [6, 6.07) is 14.1. The van der Waals surface area contributed by atoms with E-state index in [-0.39, 0.29) is 0 Å². The number of ether oxygens (including phenoxy) is 1. The number of methoxy groups -OCH3 is 1. The quantitative estimate of drug-likeness (QED) is 0.741. The first-order valence-electron chi connectivity index (χ1n) is 4.77. The molecule has 0 aliphatic heterocycles. The van der Waals surface area contributed by atoms with E-state index in [9.17, 15) is 0 Å². The Morgan fingerprint density at radius 3 is 2.67 bits per heavy atom. The highest BCUT2D eigenvalue weighted by atomic mass is 16.5. The van der Waals surface area contributed by atoms with Crippen LogP contribution in [0.1, 0.15) is 5.56 Å². The van der Waals surface area contributed by atoms with E-state index in [1.807, 2.05) is 36.4 Å². The fraction of sp³-hybridized carbons (Fsp3) is 0.154. The molecule has 2 rings (SSSR count). The summed E-state index contributed by atoms with van der Waals surface area (Å²) in [5.74, 6) is 0.844. The molecule has 0 unspecified atom stereocenters. The molecule has 0 bridgehead atoms. The van der Waals surface area contributed by atoms with Crippen LogP contribution in [0.3, 0.4) is 0 Å². The molecule has 0 aliphatic carbocycles. The summed E-state index contributed by atoms with van der Waals surface area (Å²) in [5, 5.41) is 10.9. The van der Waals surface area contributed by atoms with Crippen LogP contribution in [0.5, 0.6) is 5.75 Å². The molecule has 0 heterocycles. The lowest BCUT2D eigenvalue weighted by molar-refractivity contribution is 0.415. The van der Waals surface area contributed by atoms with Crippen molar-refractivity contribution >= 4 is 10.8 Å². The van der Waals surface area contributed by atoms with E-state index in [1.54, 1.807) is 7.11 Å². The lowest BCUT2D eigenvalue weighted by atomic mass is 10.1. The molecule has 0 saturated carbocycles. The molecule has 2 heteroatoms. The Kier molecular flexibility index (Phi) is 2.55. The molecule has 0 radical (unpaired) electrons. The highest BCUT2D eigenvalue weighted by Crippen LogP contribution is 2.21. The van der Waals surface area contributed by atoms with Gasteiger partial charge in [0.25, 0.3) is 0 Å². The summed E-state index contributed by atoms with van der Waals surface area (Å²) in [6.45, 7) is 0. The number of nitriles is 1.